The fourth-order valence-corrected chi connectivity index (χ4v) is 6.20. The molecular weight excluding hydrogens is 436 g/mol. The normalized spacial score (nSPS) is 13.4. The lowest BCUT2D eigenvalue weighted by Gasteiger charge is -2.25. The number of carbonyl (C=O) groups is 2. The van der Waals surface area contributed by atoms with E-state index in [1.807, 2.05) is 32.0 Å². The number of thiophene rings is 1. The Morgan fingerprint density at radius 3 is 2.42 bits per heavy atom. The SMILES string of the molecule is CCOC(=O)c1c(NC(=O)CN(c2c(C)cccc2C)S(C)(=O)=O)sc2c1CCCC2. The van der Waals surface area contributed by atoms with Crippen molar-refractivity contribution in [1.82, 2.24) is 0 Å². The van der Waals surface area contributed by atoms with E-state index in [0.29, 0.717) is 16.3 Å². The number of para-hydroxylation sites is 1. The molecule has 9 heteroatoms. The van der Waals surface area contributed by atoms with Crippen molar-refractivity contribution in [3.63, 3.8) is 0 Å². The van der Waals surface area contributed by atoms with Crippen LogP contribution in [0.15, 0.2) is 18.2 Å². The summed E-state index contributed by atoms with van der Waals surface area (Å²) in [5.74, 6) is -0.954. The average Bonchev–Trinajstić information content (AvgIpc) is 3.04. The molecule has 0 atom stereocenters. The monoisotopic (exact) mass is 464 g/mol. The van der Waals surface area contributed by atoms with Crippen LogP contribution in [0.4, 0.5) is 10.7 Å². The maximum Gasteiger partial charge on any atom is 0.341 e. The highest BCUT2D eigenvalue weighted by Gasteiger charge is 2.29. The van der Waals surface area contributed by atoms with Crippen molar-refractivity contribution in [3.05, 3.63) is 45.3 Å². The predicted molar refractivity (Wildman–Crippen MR) is 124 cm³/mol. The summed E-state index contributed by atoms with van der Waals surface area (Å²) in [7, 11) is -3.70. The van der Waals surface area contributed by atoms with E-state index in [1.165, 1.54) is 11.3 Å². The molecule has 31 heavy (non-hydrogen) atoms. The quantitative estimate of drug-likeness (QED) is 0.629. The Bertz CT molecular complexity index is 1090. The molecule has 1 aliphatic carbocycles. The van der Waals surface area contributed by atoms with Gasteiger partial charge in [-0.3, -0.25) is 9.10 Å². The van der Waals surface area contributed by atoms with Crippen molar-refractivity contribution in [2.75, 3.05) is 29.0 Å². The molecule has 168 valence electrons. The third kappa shape index (κ3) is 5.10. The molecule has 1 amide bonds. The number of fused-ring (bicyclic) bond motifs is 1. The summed E-state index contributed by atoms with van der Waals surface area (Å²) in [5.41, 5.74) is 3.37. The predicted octanol–water partition coefficient (Wildman–Crippen LogP) is 3.83. The minimum Gasteiger partial charge on any atom is -0.462 e. The first kappa shape index (κ1) is 23.3. The van der Waals surface area contributed by atoms with Crippen molar-refractivity contribution in [2.45, 2.75) is 46.5 Å². The third-order valence-electron chi connectivity index (χ3n) is 5.28. The van der Waals surface area contributed by atoms with E-state index < -0.39 is 21.9 Å². The van der Waals surface area contributed by atoms with Crippen molar-refractivity contribution >= 4 is 43.9 Å². The number of hydrogen-bond acceptors (Lipinski definition) is 6. The third-order valence-corrected chi connectivity index (χ3v) is 7.60. The Morgan fingerprint density at radius 2 is 1.81 bits per heavy atom. The minimum absolute atomic E-state index is 0.241. The zero-order valence-corrected chi connectivity index (χ0v) is 19.9. The van der Waals surface area contributed by atoms with Gasteiger partial charge in [-0.05, 0) is 63.1 Å². The summed E-state index contributed by atoms with van der Waals surface area (Å²) in [6.07, 6.45) is 4.74. The van der Waals surface area contributed by atoms with Gasteiger partial charge in [0.15, 0.2) is 0 Å². The highest BCUT2D eigenvalue weighted by atomic mass is 32.2. The van der Waals surface area contributed by atoms with E-state index >= 15 is 0 Å². The van der Waals surface area contributed by atoms with Gasteiger partial charge in [0.2, 0.25) is 15.9 Å². The topological polar surface area (TPSA) is 92.8 Å². The highest BCUT2D eigenvalue weighted by molar-refractivity contribution is 7.92. The van der Waals surface area contributed by atoms with Crippen LogP contribution < -0.4 is 9.62 Å². The van der Waals surface area contributed by atoms with Crippen LogP contribution in [0, 0.1) is 13.8 Å². The Kier molecular flexibility index (Phi) is 7.06. The molecule has 3 rings (SSSR count). The average molecular weight is 465 g/mol. The number of nitrogens with one attached hydrogen (secondary N) is 1. The Labute approximate surface area is 187 Å². The molecule has 0 bridgehead atoms. The van der Waals surface area contributed by atoms with Crippen LogP contribution in [0.25, 0.3) is 0 Å². The second kappa shape index (κ2) is 9.40. The summed E-state index contributed by atoms with van der Waals surface area (Å²) < 4.78 is 31.4. The van der Waals surface area contributed by atoms with Gasteiger partial charge < -0.3 is 10.1 Å². The standard InChI is InChI=1S/C22H28N2O5S2/c1-5-29-22(26)19-16-11-6-7-12-17(16)30-21(19)23-18(25)13-24(31(4,27)28)20-14(2)9-8-10-15(20)3/h8-10H,5-7,11-13H2,1-4H3,(H,23,25). The lowest BCUT2D eigenvalue weighted by atomic mass is 9.95. The summed E-state index contributed by atoms with van der Waals surface area (Å²) >= 11 is 1.38. The zero-order chi connectivity index (χ0) is 22.8. The second-order valence-corrected chi connectivity index (χ2v) is 10.7. The first-order valence-corrected chi connectivity index (χ1v) is 12.9. The fraction of sp³-hybridized carbons (Fsp3) is 0.455. The van der Waals surface area contributed by atoms with Crippen LogP contribution >= 0.6 is 11.3 Å². The number of hydrogen-bond donors (Lipinski definition) is 1. The van der Waals surface area contributed by atoms with E-state index in [4.69, 9.17) is 4.74 Å². The number of ether oxygens (including phenoxy) is 1. The molecule has 0 radical (unpaired) electrons. The van der Waals surface area contributed by atoms with Crippen LogP contribution in [0.2, 0.25) is 0 Å². The minimum atomic E-state index is -3.70. The van der Waals surface area contributed by atoms with Gasteiger partial charge in [-0.2, -0.15) is 0 Å². The maximum atomic E-state index is 12.9. The summed E-state index contributed by atoms with van der Waals surface area (Å²) in [6.45, 7) is 5.22. The Hall–Kier alpha value is -2.39. The number of rotatable bonds is 7. The molecule has 7 nitrogen and oxygen atoms in total. The molecule has 0 spiro atoms. The first-order chi connectivity index (χ1) is 14.6. The van der Waals surface area contributed by atoms with Gasteiger partial charge in [-0.15, -0.1) is 11.3 Å². The first-order valence-electron chi connectivity index (χ1n) is 10.3. The molecule has 0 saturated heterocycles. The van der Waals surface area contributed by atoms with Crippen molar-refractivity contribution in [1.29, 1.82) is 0 Å². The van der Waals surface area contributed by atoms with Crippen LogP contribution in [0.5, 0.6) is 0 Å². The van der Waals surface area contributed by atoms with Gasteiger partial charge in [-0.1, -0.05) is 18.2 Å². The molecule has 0 aliphatic heterocycles. The van der Waals surface area contributed by atoms with Gasteiger partial charge >= 0.3 is 5.97 Å². The van der Waals surface area contributed by atoms with Gasteiger partial charge in [0.25, 0.3) is 0 Å². The summed E-state index contributed by atoms with van der Waals surface area (Å²) in [6, 6.07) is 5.46. The van der Waals surface area contributed by atoms with Crippen LogP contribution in [-0.4, -0.2) is 39.7 Å². The van der Waals surface area contributed by atoms with Gasteiger partial charge in [0.05, 0.1) is 24.1 Å². The Morgan fingerprint density at radius 1 is 1.16 bits per heavy atom. The van der Waals surface area contributed by atoms with Crippen LogP contribution in [-0.2, 0) is 32.4 Å². The molecule has 2 aromatic rings. The molecule has 1 heterocycles. The molecule has 1 aliphatic rings. The number of carbonyl (C=O) groups excluding carboxylic acids is 2. The lowest BCUT2D eigenvalue weighted by molar-refractivity contribution is -0.114. The molecule has 1 N–H and O–H groups in total. The number of benzene rings is 1. The largest absolute Gasteiger partial charge is 0.462 e. The van der Waals surface area contributed by atoms with E-state index in [1.54, 1.807) is 6.92 Å². The van der Waals surface area contributed by atoms with Crippen LogP contribution in [0.1, 0.15) is 51.7 Å². The smallest absolute Gasteiger partial charge is 0.341 e. The molecule has 0 saturated carbocycles. The number of sulfonamides is 1. The van der Waals surface area contributed by atoms with Crippen LogP contribution in [0.3, 0.4) is 0 Å². The van der Waals surface area contributed by atoms with E-state index in [-0.39, 0.29) is 13.2 Å². The maximum absolute atomic E-state index is 12.9. The second-order valence-electron chi connectivity index (χ2n) is 7.69. The summed E-state index contributed by atoms with van der Waals surface area (Å²) in [4.78, 5) is 26.6. The highest BCUT2D eigenvalue weighted by Crippen LogP contribution is 2.38. The molecule has 0 unspecified atom stereocenters. The molecular formula is C22H28N2O5S2. The van der Waals surface area contributed by atoms with Gasteiger partial charge in [0, 0.05) is 4.88 Å². The fourth-order valence-electron chi connectivity index (χ4n) is 3.93. The number of anilines is 2. The number of esters is 1. The Balaban J connectivity index is 1.92. The van der Waals surface area contributed by atoms with Gasteiger partial charge in [-0.25, -0.2) is 13.2 Å². The van der Waals surface area contributed by atoms with E-state index in [9.17, 15) is 18.0 Å². The summed E-state index contributed by atoms with van der Waals surface area (Å²) in [5, 5.41) is 3.23. The molecule has 0 fully saturated rings. The number of aryl methyl sites for hydroxylation is 3. The van der Waals surface area contributed by atoms with Gasteiger partial charge in [0.1, 0.15) is 11.5 Å². The van der Waals surface area contributed by atoms with Crippen molar-refractivity contribution in [2.24, 2.45) is 0 Å². The molecule has 1 aromatic carbocycles. The van der Waals surface area contributed by atoms with Crippen molar-refractivity contribution in [3.8, 4) is 0 Å². The van der Waals surface area contributed by atoms with Crippen molar-refractivity contribution < 1.29 is 22.7 Å². The molecule has 1 aromatic heterocycles. The zero-order valence-electron chi connectivity index (χ0n) is 18.3. The number of nitrogens with zero attached hydrogens (tertiary/aromatic N) is 1. The van der Waals surface area contributed by atoms with E-state index in [0.717, 1.165) is 57.8 Å². The number of amides is 1. The lowest BCUT2D eigenvalue weighted by Crippen LogP contribution is -2.38. The van der Waals surface area contributed by atoms with E-state index in [2.05, 4.69) is 5.32 Å².